The molecule has 21 heavy (non-hydrogen) atoms. The van der Waals surface area contributed by atoms with Gasteiger partial charge in [-0.2, -0.15) is 5.10 Å². The topological polar surface area (TPSA) is 17.8 Å². The summed E-state index contributed by atoms with van der Waals surface area (Å²) in [6, 6.07) is 11.8. The Bertz CT molecular complexity index is 763. The molecule has 0 N–H and O–H groups in total. The summed E-state index contributed by atoms with van der Waals surface area (Å²) in [6.45, 7) is 0.0713. The monoisotopic (exact) mass is 396 g/mol. The lowest BCUT2D eigenvalue weighted by molar-refractivity contribution is 0.533. The molecule has 0 saturated heterocycles. The van der Waals surface area contributed by atoms with Crippen molar-refractivity contribution in [3.05, 3.63) is 75.6 Å². The molecule has 3 rings (SSSR count). The lowest BCUT2D eigenvalue weighted by Crippen LogP contribution is -2.04. The minimum absolute atomic E-state index is 0.0231. The Morgan fingerprint density at radius 1 is 1.00 bits per heavy atom. The lowest BCUT2D eigenvalue weighted by atomic mass is 10.1. The van der Waals surface area contributed by atoms with Crippen LogP contribution in [0.2, 0.25) is 0 Å². The molecule has 106 valence electrons. The third-order valence-corrected chi connectivity index (χ3v) is 4.14. The lowest BCUT2D eigenvalue weighted by Gasteiger charge is -2.05. The number of halogens is 3. The van der Waals surface area contributed by atoms with Crippen molar-refractivity contribution >= 4 is 22.6 Å². The number of aromatic nitrogens is 2. The summed E-state index contributed by atoms with van der Waals surface area (Å²) >= 11 is 2.25. The molecule has 1 aromatic heterocycles. The van der Waals surface area contributed by atoms with Crippen molar-refractivity contribution in [2.45, 2.75) is 6.54 Å². The second kappa shape index (κ2) is 5.93. The molecule has 0 fully saturated rings. The quantitative estimate of drug-likeness (QED) is 0.597. The van der Waals surface area contributed by atoms with E-state index in [4.69, 9.17) is 0 Å². The fourth-order valence-corrected chi connectivity index (χ4v) is 2.83. The van der Waals surface area contributed by atoms with Crippen LogP contribution in [0, 0.1) is 15.2 Å². The number of hydrogen-bond acceptors (Lipinski definition) is 1. The van der Waals surface area contributed by atoms with E-state index in [1.165, 1.54) is 18.2 Å². The minimum atomic E-state index is -0.554. The highest BCUT2D eigenvalue weighted by molar-refractivity contribution is 14.1. The van der Waals surface area contributed by atoms with E-state index in [0.29, 0.717) is 0 Å². The molecule has 1 heterocycles. The molecule has 0 atom stereocenters. The Balaban J connectivity index is 1.91. The molecule has 0 saturated carbocycles. The van der Waals surface area contributed by atoms with Crippen LogP contribution in [0.1, 0.15) is 5.56 Å². The van der Waals surface area contributed by atoms with Gasteiger partial charge in [0.15, 0.2) is 0 Å². The standard InChI is InChI=1S/C16H11F2IN2/c17-14-5-3-6-15(18)13(14)10-21-9-11(8-20-21)12-4-1-2-7-16(12)19/h1-9H,10H2. The number of benzene rings is 2. The Morgan fingerprint density at radius 2 is 1.71 bits per heavy atom. The van der Waals surface area contributed by atoms with Crippen molar-refractivity contribution in [2.24, 2.45) is 0 Å². The van der Waals surface area contributed by atoms with Gasteiger partial charge in [-0.3, -0.25) is 4.68 Å². The van der Waals surface area contributed by atoms with Gasteiger partial charge >= 0.3 is 0 Å². The molecule has 5 heteroatoms. The van der Waals surface area contributed by atoms with Gasteiger partial charge in [0, 0.05) is 20.9 Å². The second-order valence-electron chi connectivity index (χ2n) is 4.61. The van der Waals surface area contributed by atoms with Crippen LogP contribution in [0.15, 0.2) is 54.9 Å². The highest BCUT2D eigenvalue weighted by atomic mass is 127. The zero-order valence-corrected chi connectivity index (χ0v) is 13.1. The highest BCUT2D eigenvalue weighted by Crippen LogP contribution is 2.24. The Kier molecular flexibility index (Phi) is 4.01. The van der Waals surface area contributed by atoms with Crippen LogP contribution < -0.4 is 0 Å². The summed E-state index contributed by atoms with van der Waals surface area (Å²) in [7, 11) is 0. The average Bonchev–Trinajstić information content (AvgIpc) is 2.92. The van der Waals surface area contributed by atoms with Crippen molar-refractivity contribution in [3.8, 4) is 11.1 Å². The zero-order chi connectivity index (χ0) is 14.8. The highest BCUT2D eigenvalue weighted by Gasteiger charge is 2.11. The van der Waals surface area contributed by atoms with Crippen LogP contribution in [0.5, 0.6) is 0 Å². The molecule has 0 unspecified atom stereocenters. The summed E-state index contributed by atoms with van der Waals surface area (Å²) in [5.74, 6) is -1.11. The van der Waals surface area contributed by atoms with Gasteiger partial charge in [-0.15, -0.1) is 0 Å². The van der Waals surface area contributed by atoms with Gasteiger partial charge < -0.3 is 0 Å². The number of rotatable bonds is 3. The molecular weight excluding hydrogens is 385 g/mol. The van der Waals surface area contributed by atoms with E-state index < -0.39 is 11.6 Å². The first kappa shape index (κ1) is 14.2. The normalized spacial score (nSPS) is 10.8. The SMILES string of the molecule is Fc1cccc(F)c1Cn1cc(-c2ccccc2I)cn1. The molecule has 0 aliphatic carbocycles. The van der Waals surface area contributed by atoms with Crippen LogP contribution in [-0.2, 0) is 6.54 Å². The first-order chi connectivity index (χ1) is 10.1. The maximum atomic E-state index is 13.6. The smallest absolute Gasteiger partial charge is 0.131 e. The van der Waals surface area contributed by atoms with E-state index in [1.54, 1.807) is 17.1 Å². The van der Waals surface area contributed by atoms with Gasteiger partial charge in [0.2, 0.25) is 0 Å². The Labute approximate surface area is 134 Å². The predicted molar refractivity (Wildman–Crippen MR) is 85.8 cm³/mol. The van der Waals surface area contributed by atoms with Gasteiger partial charge in [-0.05, 0) is 46.4 Å². The summed E-state index contributed by atoms with van der Waals surface area (Å²) in [5.41, 5.74) is 2.00. The summed E-state index contributed by atoms with van der Waals surface area (Å²) in [6.07, 6.45) is 3.50. The van der Waals surface area contributed by atoms with E-state index in [0.717, 1.165) is 14.7 Å². The summed E-state index contributed by atoms with van der Waals surface area (Å²) in [5, 5.41) is 4.19. The van der Waals surface area contributed by atoms with Crippen LogP contribution in [0.3, 0.4) is 0 Å². The predicted octanol–water partition coefficient (Wildman–Crippen LogP) is 4.48. The second-order valence-corrected chi connectivity index (χ2v) is 5.77. The molecule has 0 spiro atoms. The van der Waals surface area contributed by atoms with Gasteiger partial charge in [-0.1, -0.05) is 24.3 Å². The van der Waals surface area contributed by atoms with Gasteiger partial charge in [0.1, 0.15) is 11.6 Å². The fraction of sp³-hybridized carbons (Fsp3) is 0.0625. The molecule has 0 aliphatic rings. The van der Waals surface area contributed by atoms with E-state index in [1.807, 2.05) is 24.3 Å². The molecule has 0 radical (unpaired) electrons. The molecule has 0 bridgehead atoms. The van der Waals surface area contributed by atoms with Crippen molar-refractivity contribution in [3.63, 3.8) is 0 Å². The molecule has 0 aliphatic heterocycles. The number of hydrogen-bond donors (Lipinski definition) is 0. The maximum Gasteiger partial charge on any atom is 0.131 e. The summed E-state index contributed by atoms with van der Waals surface area (Å²) < 4.78 is 29.9. The minimum Gasteiger partial charge on any atom is -0.267 e. The van der Waals surface area contributed by atoms with Crippen molar-refractivity contribution in [2.75, 3.05) is 0 Å². The summed E-state index contributed by atoms with van der Waals surface area (Å²) in [4.78, 5) is 0. The fourth-order valence-electron chi connectivity index (χ4n) is 2.13. The third-order valence-electron chi connectivity index (χ3n) is 3.20. The van der Waals surface area contributed by atoms with Gasteiger partial charge in [0.05, 0.1) is 12.7 Å². The molecule has 2 nitrogen and oxygen atoms in total. The molecule has 2 aromatic carbocycles. The van der Waals surface area contributed by atoms with Crippen LogP contribution >= 0.6 is 22.6 Å². The van der Waals surface area contributed by atoms with Crippen LogP contribution in [0.4, 0.5) is 8.78 Å². The van der Waals surface area contributed by atoms with E-state index in [9.17, 15) is 8.78 Å². The van der Waals surface area contributed by atoms with Crippen molar-refractivity contribution in [1.82, 2.24) is 9.78 Å². The third kappa shape index (κ3) is 2.97. The molecule has 0 amide bonds. The van der Waals surface area contributed by atoms with Crippen molar-refractivity contribution in [1.29, 1.82) is 0 Å². The number of nitrogens with zero attached hydrogens (tertiary/aromatic N) is 2. The van der Waals surface area contributed by atoms with Gasteiger partial charge in [-0.25, -0.2) is 8.78 Å². The van der Waals surface area contributed by atoms with Crippen LogP contribution in [0.25, 0.3) is 11.1 Å². The zero-order valence-electron chi connectivity index (χ0n) is 10.9. The van der Waals surface area contributed by atoms with Gasteiger partial charge in [0.25, 0.3) is 0 Å². The van der Waals surface area contributed by atoms with E-state index in [2.05, 4.69) is 27.7 Å². The largest absolute Gasteiger partial charge is 0.267 e. The van der Waals surface area contributed by atoms with E-state index in [-0.39, 0.29) is 12.1 Å². The average molecular weight is 396 g/mol. The molecule has 3 aromatic rings. The molecular formula is C16H11F2IN2. The van der Waals surface area contributed by atoms with Crippen molar-refractivity contribution < 1.29 is 8.78 Å². The van der Waals surface area contributed by atoms with Crippen LogP contribution in [-0.4, -0.2) is 9.78 Å². The Hall–Kier alpha value is -1.76. The maximum absolute atomic E-state index is 13.6. The Morgan fingerprint density at radius 3 is 2.43 bits per heavy atom. The first-order valence-corrected chi connectivity index (χ1v) is 7.43. The first-order valence-electron chi connectivity index (χ1n) is 6.35. The van der Waals surface area contributed by atoms with E-state index >= 15 is 0 Å².